The normalized spacial score (nSPS) is 15.8. The molecule has 0 atom stereocenters. The molecule has 1 saturated carbocycles. The Hall–Kier alpha value is -0.940. The third-order valence-corrected chi connectivity index (χ3v) is 2.50. The van der Waals surface area contributed by atoms with Crippen molar-refractivity contribution >= 4 is 0 Å². The van der Waals surface area contributed by atoms with E-state index in [1.54, 1.807) is 4.68 Å². The molecule has 15 heavy (non-hydrogen) atoms. The summed E-state index contributed by atoms with van der Waals surface area (Å²) in [6.45, 7) is 2.98. The summed E-state index contributed by atoms with van der Waals surface area (Å²) in [4.78, 5) is 0. The monoisotopic (exact) mass is 209 g/mol. The second-order valence-corrected chi connectivity index (χ2v) is 4.14. The van der Waals surface area contributed by atoms with Crippen LogP contribution in [0.25, 0.3) is 0 Å². The zero-order valence-corrected chi connectivity index (χ0v) is 9.24. The van der Waals surface area contributed by atoms with Gasteiger partial charge in [0.05, 0.1) is 5.69 Å². The molecule has 1 aliphatic carbocycles. The lowest BCUT2D eigenvalue weighted by Gasteiger charge is -2.03. The van der Waals surface area contributed by atoms with Gasteiger partial charge in [-0.3, -0.25) is 4.68 Å². The van der Waals surface area contributed by atoms with E-state index in [1.165, 1.54) is 19.3 Å². The summed E-state index contributed by atoms with van der Waals surface area (Å²) in [5.74, 6) is 0. The van der Waals surface area contributed by atoms with E-state index in [-0.39, 0.29) is 0 Å². The molecule has 1 aliphatic rings. The molecule has 0 aliphatic heterocycles. The van der Waals surface area contributed by atoms with Crippen molar-refractivity contribution in [2.75, 3.05) is 13.1 Å². The minimum atomic E-state index is 0.817. The number of hydrogen-bond donors (Lipinski definition) is 2. The molecule has 2 rings (SSSR count). The molecule has 5 nitrogen and oxygen atoms in total. The summed E-state index contributed by atoms with van der Waals surface area (Å²) in [5, 5.41) is 14.7. The first kappa shape index (κ1) is 10.6. The third kappa shape index (κ3) is 3.97. The molecule has 0 spiro atoms. The largest absolute Gasteiger partial charge is 0.314 e. The number of aryl methyl sites for hydroxylation is 1. The fraction of sp³-hybridized carbons (Fsp3) is 0.800. The topological polar surface area (TPSA) is 54.8 Å². The first-order valence-electron chi connectivity index (χ1n) is 5.64. The molecule has 0 saturated heterocycles. The predicted octanol–water partition coefficient (Wildman–Crippen LogP) is 0.0468. The zero-order valence-electron chi connectivity index (χ0n) is 9.24. The summed E-state index contributed by atoms with van der Waals surface area (Å²) < 4.78 is 1.73. The summed E-state index contributed by atoms with van der Waals surface area (Å²) >= 11 is 0. The Labute approximate surface area is 90.2 Å². The van der Waals surface area contributed by atoms with Crippen molar-refractivity contribution in [1.29, 1.82) is 0 Å². The summed E-state index contributed by atoms with van der Waals surface area (Å²) in [5.41, 5.74) is 1.01. The molecular formula is C10H19N5. The highest BCUT2D eigenvalue weighted by molar-refractivity contribution is 4.90. The van der Waals surface area contributed by atoms with Crippen molar-refractivity contribution in [1.82, 2.24) is 25.6 Å². The molecule has 1 aromatic heterocycles. The highest BCUT2D eigenvalue weighted by atomic mass is 15.4. The van der Waals surface area contributed by atoms with Gasteiger partial charge in [0.25, 0.3) is 0 Å². The summed E-state index contributed by atoms with van der Waals surface area (Å²) in [7, 11) is 1.88. The van der Waals surface area contributed by atoms with Gasteiger partial charge >= 0.3 is 0 Å². The first-order chi connectivity index (χ1) is 7.34. The van der Waals surface area contributed by atoms with E-state index in [9.17, 15) is 0 Å². The van der Waals surface area contributed by atoms with Crippen molar-refractivity contribution in [3.63, 3.8) is 0 Å². The van der Waals surface area contributed by atoms with Gasteiger partial charge in [-0.05, 0) is 32.4 Å². The Bertz CT molecular complexity index is 292. The van der Waals surface area contributed by atoms with Gasteiger partial charge in [0.15, 0.2) is 0 Å². The zero-order chi connectivity index (χ0) is 10.5. The van der Waals surface area contributed by atoms with Gasteiger partial charge in [-0.25, -0.2) is 0 Å². The molecule has 0 bridgehead atoms. The van der Waals surface area contributed by atoms with Gasteiger partial charge in [-0.1, -0.05) is 5.21 Å². The maximum Gasteiger partial charge on any atom is 0.0964 e. The minimum Gasteiger partial charge on any atom is -0.314 e. The van der Waals surface area contributed by atoms with Gasteiger partial charge in [-0.15, -0.1) is 5.10 Å². The van der Waals surface area contributed by atoms with Gasteiger partial charge < -0.3 is 10.6 Å². The molecule has 5 heteroatoms. The van der Waals surface area contributed by atoms with Crippen LogP contribution >= 0.6 is 0 Å². The molecule has 0 unspecified atom stereocenters. The molecule has 0 radical (unpaired) electrons. The molecule has 1 aromatic rings. The summed E-state index contributed by atoms with van der Waals surface area (Å²) in [6, 6.07) is 0.824. The van der Waals surface area contributed by atoms with Crippen LogP contribution in [0, 0.1) is 0 Å². The fourth-order valence-electron chi connectivity index (χ4n) is 1.50. The number of aromatic nitrogens is 3. The molecule has 0 amide bonds. The van der Waals surface area contributed by atoms with Gasteiger partial charge in [-0.2, -0.15) is 0 Å². The predicted molar refractivity (Wildman–Crippen MR) is 58.4 cm³/mol. The smallest absolute Gasteiger partial charge is 0.0964 e. The molecular weight excluding hydrogens is 190 g/mol. The highest BCUT2D eigenvalue weighted by Crippen LogP contribution is 2.18. The average molecular weight is 209 g/mol. The lowest BCUT2D eigenvalue weighted by atomic mass is 10.4. The summed E-state index contributed by atoms with van der Waals surface area (Å²) in [6.07, 6.45) is 5.85. The van der Waals surface area contributed by atoms with Crippen molar-refractivity contribution in [3.8, 4) is 0 Å². The van der Waals surface area contributed by atoms with E-state index in [4.69, 9.17) is 0 Å². The quantitative estimate of drug-likeness (QED) is 0.623. The molecule has 1 fully saturated rings. The van der Waals surface area contributed by atoms with Crippen molar-refractivity contribution < 1.29 is 0 Å². The van der Waals surface area contributed by atoms with E-state index in [1.807, 2.05) is 13.2 Å². The Kier molecular flexibility index (Phi) is 3.69. The van der Waals surface area contributed by atoms with Crippen LogP contribution in [0.1, 0.15) is 25.0 Å². The van der Waals surface area contributed by atoms with Crippen LogP contribution < -0.4 is 10.6 Å². The van der Waals surface area contributed by atoms with Crippen molar-refractivity contribution in [2.24, 2.45) is 7.05 Å². The number of rotatable bonds is 7. The average Bonchev–Trinajstić information content (AvgIpc) is 2.95. The van der Waals surface area contributed by atoms with E-state index in [2.05, 4.69) is 20.9 Å². The number of hydrogen-bond acceptors (Lipinski definition) is 4. The van der Waals surface area contributed by atoms with E-state index >= 15 is 0 Å². The van der Waals surface area contributed by atoms with Crippen LogP contribution in [0.3, 0.4) is 0 Å². The Morgan fingerprint density at radius 1 is 1.47 bits per heavy atom. The van der Waals surface area contributed by atoms with Crippen LogP contribution in [0.2, 0.25) is 0 Å². The van der Waals surface area contributed by atoms with Crippen LogP contribution in [-0.2, 0) is 13.6 Å². The Balaban J connectivity index is 1.47. The number of nitrogens with one attached hydrogen (secondary N) is 2. The lowest BCUT2D eigenvalue weighted by Crippen LogP contribution is -2.23. The van der Waals surface area contributed by atoms with Gasteiger partial charge in [0.2, 0.25) is 0 Å². The Morgan fingerprint density at radius 2 is 2.33 bits per heavy atom. The van der Waals surface area contributed by atoms with Crippen LogP contribution in [0.15, 0.2) is 6.20 Å². The minimum absolute atomic E-state index is 0.817. The van der Waals surface area contributed by atoms with Crippen LogP contribution in [0.5, 0.6) is 0 Å². The first-order valence-corrected chi connectivity index (χ1v) is 5.64. The van der Waals surface area contributed by atoms with E-state index in [0.29, 0.717) is 0 Å². The maximum absolute atomic E-state index is 4.01. The van der Waals surface area contributed by atoms with Gasteiger partial charge in [0, 0.05) is 25.8 Å². The maximum atomic E-state index is 4.01. The standard InChI is InChI=1S/C10H19N5/c1-15-8-10(13-14-15)7-11-5-2-6-12-9-3-4-9/h8-9,11-12H,2-7H2,1H3. The van der Waals surface area contributed by atoms with Crippen molar-refractivity contribution in [3.05, 3.63) is 11.9 Å². The molecule has 2 N–H and O–H groups in total. The molecule has 84 valence electrons. The van der Waals surface area contributed by atoms with Crippen LogP contribution in [-0.4, -0.2) is 34.1 Å². The second-order valence-electron chi connectivity index (χ2n) is 4.14. The van der Waals surface area contributed by atoms with E-state index < -0.39 is 0 Å². The SMILES string of the molecule is Cn1cc(CNCCCNC2CC2)nn1. The Morgan fingerprint density at radius 3 is 3.00 bits per heavy atom. The van der Waals surface area contributed by atoms with E-state index in [0.717, 1.165) is 31.4 Å². The molecule has 0 aromatic carbocycles. The molecule has 1 heterocycles. The van der Waals surface area contributed by atoms with Gasteiger partial charge in [0.1, 0.15) is 0 Å². The third-order valence-electron chi connectivity index (χ3n) is 2.50. The van der Waals surface area contributed by atoms with Crippen molar-refractivity contribution in [2.45, 2.75) is 31.8 Å². The highest BCUT2D eigenvalue weighted by Gasteiger charge is 2.19. The fourth-order valence-corrected chi connectivity index (χ4v) is 1.50. The van der Waals surface area contributed by atoms with Crippen LogP contribution in [0.4, 0.5) is 0 Å². The number of nitrogens with zero attached hydrogens (tertiary/aromatic N) is 3. The second kappa shape index (κ2) is 5.23. The lowest BCUT2D eigenvalue weighted by molar-refractivity contribution is 0.589.